The number of aryl methyl sites for hydroxylation is 6. The van der Waals surface area contributed by atoms with Gasteiger partial charge in [0.1, 0.15) is 0 Å². The van der Waals surface area contributed by atoms with Crippen LogP contribution in [-0.2, 0) is 12.8 Å². The SMILES string of the molecule is Cc1cc(C)cc(CCCCCCCCc2cc(C)cc(C)c2)c1. The van der Waals surface area contributed by atoms with Crippen LogP contribution in [0.5, 0.6) is 0 Å². The molecule has 0 aromatic heterocycles. The van der Waals surface area contributed by atoms with E-state index in [0.717, 1.165) is 0 Å². The molecule has 0 saturated heterocycles. The summed E-state index contributed by atoms with van der Waals surface area (Å²) in [5, 5.41) is 0. The molecule has 0 bridgehead atoms. The Kier molecular flexibility index (Phi) is 7.56. The molecule has 130 valence electrons. The van der Waals surface area contributed by atoms with Gasteiger partial charge in [0, 0.05) is 0 Å². The maximum absolute atomic E-state index is 2.34. The lowest BCUT2D eigenvalue weighted by atomic mass is 10.00. The minimum atomic E-state index is 1.24. The van der Waals surface area contributed by atoms with E-state index in [0.29, 0.717) is 0 Å². The highest BCUT2D eigenvalue weighted by atomic mass is 14.0. The lowest BCUT2D eigenvalue weighted by Gasteiger charge is -2.06. The van der Waals surface area contributed by atoms with Crippen LogP contribution in [0.4, 0.5) is 0 Å². The summed E-state index contributed by atoms with van der Waals surface area (Å²) >= 11 is 0. The summed E-state index contributed by atoms with van der Waals surface area (Å²) < 4.78 is 0. The van der Waals surface area contributed by atoms with Gasteiger partial charge in [0.05, 0.1) is 0 Å². The predicted molar refractivity (Wildman–Crippen MR) is 107 cm³/mol. The molecule has 0 spiro atoms. The van der Waals surface area contributed by atoms with Crippen LogP contribution in [0.15, 0.2) is 36.4 Å². The first-order valence-electron chi connectivity index (χ1n) is 9.67. The largest absolute Gasteiger partial charge is 0.0564 e. The molecule has 0 radical (unpaired) electrons. The molecule has 0 saturated carbocycles. The molecular weight excluding hydrogens is 288 g/mol. The molecule has 0 heterocycles. The number of unbranched alkanes of at least 4 members (excludes halogenated alkanes) is 5. The van der Waals surface area contributed by atoms with Crippen LogP contribution in [0, 0.1) is 27.7 Å². The van der Waals surface area contributed by atoms with Gasteiger partial charge in [-0.15, -0.1) is 0 Å². The van der Waals surface area contributed by atoms with Gasteiger partial charge < -0.3 is 0 Å². The Labute approximate surface area is 149 Å². The maximum atomic E-state index is 2.34. The van der Waals surface area contributed by atoms with E-state index >= 15 is 0 Å². The fourth-order valence-corrected chi connectivity index (χ4v) is 3.79. The highest BCUT2D eigenvalue weighted by Crippen LogP contribution is 2.15. The van der Waals surface area contributed by atoms with Crippen LogP contribution in [0.1, 0.15) is 71.9 Å². The fourth-order valence-electron chi connectivity index (χ4n) is 3.79. The Balaban J connectivity index is 1.55. The highest BCUT2D eigenvalue weighted by Gasteiger charge is 1.99. The van der Waals surface area contributed by atoms with Crippen molar-refractivity contribution in [1.29, 1.82) is 0 Å². The van der Waals surface area contributed by atoms with E-state index < -0.39 is 0 Å². The molecule has 0 amide bonds. The van der Waals surface area contributed by atoms with E-state index in [1.54, 1.807) is 0 Å². The van der Waals surface area contributed by atoms with E-state index in [4.69, 9.17) is 0 Å². The van der Waals surface area contributed by atoms with E-state index in [1.807, 2.05) is 0 Å². The summed E-state index contributed by atoms with van der Waals surface area (Å²) in [6.07, 6.45) is 10.7. The standard InChI is InChI=1S/C24H34/c1-19-13-20(2)16-23(15-19)11-9-7-5-6-8-10-12-24-17-21(3)14-22(4)18-24/h13-18H,5-12H2,1-4H3. The molecule has 0 atom stereocenters. The number of benzene rings is 2. The minimum Gasteiger partial charge on any atom is -0.0564 e. The first-order chi connectivity index (χ1) is 11.5. The third-order valence-electron chi connectivity index (χ3n) is 4.74. The van der Waals surface area contributed by atoms with Gasteiger partial charge in [-0.3, -0.25) is 0 Å². The highest BCUT2D eigenvalue weighted by molar-refractivity contribution is 5.29. The van der Waals surface area contributed by atoms with Gasteiger partial charge in [-0.2, -0.15) is 0 Å². The molecule has 0 aliphatic heterocycles. The Morgan fingerprint density at radius 3 is 1.04 bits per heavy atom. The smallest absolute Gasteiger partial charge is 0.0279 e. The maximum Gasteiger partial charge on any atom is -0.0279 e. The number of rotatable bonds is 9. The zero-order valence-corrected chi connectivity index (χ0v) is 16.1. The first-order valence-corrected chi connectivity index (χ1v) is 9.67. The van der Waals surface area contributed by atoms with Crippen LogP contribution >= 0.6 is 0 Å². The molecule has 0 heteroatoms. The number of hydrogen-bond acceptors (Lipinski definition) is 0. The predicted octanol–water partition coefficient (Wildman–Crippen LogP) is 7.05. The summed E-state index contributed by atoms with van der Waals surface area (Å²) in [6.45, 7) is 8.80. The van der Waals surface area contributed by atoms with Gasteiger partial charge in [0.15, 0.2) is 0 Å². The van der Waals surface area contributed by atoms with E-state index in [-0.39, 0.29) is 0 Å². The normalized spacial score (nSPS) is 11.0. The Hall–Kier alpha value is -1.56. The summed E-state index contributed by atoms with van der Waals surface area (Å²) in [7, 11) is 0. The molecule has 0 N–H and O–H groups in total. The average molecular weight is 323 g/mol. The monoisotopic (exact) mass is 322 g/mol. The van der Waals surface area contributed by atoms with Crippen molar-refractivity contribution >= 4 is 0 Å². The van der Waals surface area contributed by atoms with Gasteiger partial charge in [0.2, 0.25) is 0 Å². The summed E-state index contributed by atoms with van der Waals surface area (Å²) in [5.41, 5.74) is 8.63. The van der Waals surface area contributed by atoms with Gasteiger partial charge >= 0.3 is 0 Å². The van der Waals surface area contributed by atoms with Crippen molar-refractivity contribution in [3.8, 4) is 0 Å². The van der Waals surface area contributed by atoms with Crippen LogP contribution in [0.25, 0.3) is 0 Å². The zero-order chi connectivity index (χ0) is 17.4. The molecule has 24 heavy (non-hydrogen) atoms. The Morgan fingerprint density at radius 2 is 0.708 bits per heavy atom. The van der Waals surface area contributed by atoms with Crippen molar-refractivity contribution in [1.82, 2.24) is 0 Å². The van der Waals surface area contributed by atoms with E-state index in [1.165, 1.54) is 84.7 Å². The topological polar surface area (TPSA) is 0 Å². The van der Waals surface area contributed by atoms with Crippen molar-refractivity contribution in [3.63, 3.8) is 0 Å². The zero-order valence-electron chi connectivity index (χ0n) is 16.1. The average Bonchev–Trinajstić information content (AvgIpc) is 2.48. The second-order valence-corrected chi connectivity index (χ2v) is 7.61. The molecule has 2 aromatic rings. The molecule has 0 fully saturated rings. The first kappa shape index (κ1) is 18.8. The van der Waals surface area contributed by atoms with Crippen LogP contribution in [0.2, 0.25) is 0 Å². The van der Waals surface area contributed by atoms with Gasteiger partial charge in [0.25, 0.3) is 0 Å². The van der Waals surface area contributed by atoms with Crippen molar-refractivity contribution in [2.24, 2.45) is 0 Å². The molecular formula is C24H34. The van der Waals surface area contributed by atoms with E-state index in [9.17, 15) is 0 Å². The molecule has 2 rings (SSSR count). The second-order valence-electron chi connectivity index (χ2n) is 7.61. The van der Waals surface area contributed by atoms with Gasteiger partial charge in [-0.25, -0.2) is 0 Å². The Morgan fingerprint density at radius 1 is 0.417 bits per heavy atom. The van der Waals surface area contributed by atoms with Crippen molar-refractivity contribution < 1.29 is 0 Å². The van der Waals surface area contributed by atoms with Crippen LogP contribution in [0.3, 0.4) is 0 Å². The third kappa shape index (κ3) is 6.91. The fraction of sp³-hybridized carbons (Fsp3) is 0.500. The van der Waals surface area contributed by atoms with Gasteiger partial charge in [-0.1, -0.05) is 84.3 Å². The molecule has 2 aromatic carbocycles. The quantitative estimate of drug-likeness (QED) is 0.434. The third-order valence-corrected chi connectivity index (χ3v) is 4.74. The molecule has 0 aliphatic carbocycles. The van der Waals surface area contributed by atoms with E-state index in [2.05, 4.69) is 64.1 Å². The number of hydrogen-bond donors (Lipinski definition) is 0. The second kappa shape index (κ2) is 9.67. The van der Waals surface area contributed by atoms with Crippen molar-refractivity contribution in [3.05, 3.63) is 69.8 Å². The molecule has 0 aliphatic rings. The summed E-state index contributed by atoms with van der Waals surface area (Å²) in [4.78, 5) is 0. The Bertz CT molecular complexity index is 538. The lowest BCUT2D eigenvalue weighted by Crippen LogP contribution is -1.90. The lowest BCUT2D eigenvalue weighted by molar-refractivity contribution is 0.593. The molecule has 0 unspecified atom stereocenters. The van der Waals surface area contributed by atoms with Crippen molar-refractivity contribution in [2.75, 3.05) is 0 Å². The minimum absolute atomic E-state index is 1.24. The molecule has 0 nitrogen and oxygen atoms in total. The summed E-state index contributed by atoms with van der Waals surface area (Å²) in [5.74, 6) is 0. The summed E-state index contributed by atoms with van der Waals surface area (Å²) in [6, 6.07) is 13.9. The van der Waals surface area contributed by atoms with Crippen LogP contribution in [-0.4, -0.2) is 0 Å². The van der Waals surface area contributed by atoms with Gasteiger partial charge in [-0.05, 0) is 64.5 Å². The van der Waals surface area contributed by atoms with Crippen molar-refractivity contribution in [2.45, 2.75) is 79.1 Å². The van der Waals surface area contributed by atoms with Crippen LogP contribution < -0.4 is 0 Å².